The van der Waals surface area contributed by atoms with Crippen molar-refractivity contribution >= 4 is 23.1 Å². The molecule has 3 aromatic rings. The van der Waals surface area contributed by atoms with E-state index < -0.39 is 6.30 Å². The highest BCUT2D eigenvalue weighted by molar-refractivity contribution is 5.84. The Morgan fingerprint density at radius 1 is 1.33 bits per heavy atom. The molecule has 2 N–H and O–H groups in total. The van der Waals surface area contributed by atoms with Crippen LogP contribution in [0, 0.1) is 0 Å². The van der Waals surface area contributed by atoms with Gasteiger partial charge in [-0.1, -0.05) is 12.1 Å². The molecule has 0 spiro atoms. The van der Waals surface area contributed by atoms with Crippen molar-refractivity contribution in [2.45, 2.75) is 20.1 Å². The SMILES string of the molecule is C/C(=C\C=N/C(C)F)c1ccn2c(-c3cccc(N)c3)cnc2c1. The largest absolute Gasteiger partial charge is 0.399 e. The molecule has 1 unspecified atom stereocenters. The molecule has 0 fully saturated rings. The summed E-state index contributed by atoms with van der Waals surface area (Å²) in [5, 5.41) is 0. The molecule has 5 heteroatoms. The summed E-state index contributed by atoms with van der Waals surface area (Å²) >= 11 is 0. The first-order valence-corrected chi connectivity index (χ1v) is 7.72. The lowest BCUT2D eigenvalue weighted by Crippen LogP contribution is -1.92. The van der Waals surface area contributed by atoms with Crippen molar-refractivity contribution in [3.63, 3.8) is 0 Å². The van der Waals surface area contributed by atoms with Gasteiger partial charge in [-0.3, -0.25) is 9.39 Å². The number of hydrogen-bond donors (Lipinski definition) is 1. The van der Waals surface area contributed by atoms with E-state index in [0.29, 0.717) is 0 Å². The number of alkyl halides is 1. The topological polar surface area (TPSA) is 55.7 Å². The number of halogens is 1. The molecule has 0 bridgehead atoms. The Bertz CT molecular complexity index is 922. The van der Waals surface area contributed by atoms with Crippen molar-refractivity contribution in [2.24, 2.45) is 4.99 Å². The molecule has 0 radical (unpaired) electrons. The molecule has 0 aliphatic carbocycles. The number of pyridine rings is 1. The molecule has 4 nitrogen and oxygen atoms in total. The Balaban J connectivity index is 1.97. The van der Waals surface area contributed by atoms with Crippen molar-refractivity contribution in [2.75, 3.05) is 5.73 Å². The van der Waals surface area contributed by atoms with Crippen LogP contribution >= 0.6 is 0 Å². The molecule has 0 amide bonds. The summed E-state index contributed by atoms with van der Waals surface area (Å²) in [7, 11) is 0. The van der Waals surface area contributed by atoms with E-state index in [1.54, 1.807) is 6.08 Å². The first kappa shape index (κ1) is 15.9. The van der Waals surface area contributed by atoms with Crippen LogP contribution in [0.1, 0.15) is 19.4 Å². The minimum Gasteiger partial charge on any atom is -0.399 e. The van der Waals surface area contributed by atoms with E-state index in [4.69, 9.17) is 5.73 Å². The normalized spacial score (nSPS) is 13.7. The highest BCUT2D eigenvalue weighted by Gasteiger charge is 2.07. The van der Waals surface area contributed by atoms with E-state index >= 15 is 0 Å². The van der Waals surface area contributed by atoms with E-state index in [-0.39, 0.29) is 0 Å². The molecule has 1 aromatic carbocycles. The second-order valence-electron chi connectivity index (χ2n) is 5.63. The van der Waals surface area contributed by atoms with Gasteiger partial charge >= 0.3 is 0 Å². The van der Waals surface area contributed by atoms with Gasteiger partial charge in [0.1, 0.15) is 5.65 Å². The van der Waals surface area contributed by atoms with Crippen LogP contribution in [-0.2, 0) is 0 Å². The molecule has 2 aromatic heterocycles. The number of fused-ring (bicyclic) bond motifs is 1. The third-order valence-corrected chi connectivity index (χ3v) is 3.77. The number of anilines is 1. The summed E-state index contributed by atoms with van der Waals surface area (Å²) in [6.07, 6.45) is 5.91. The Morgan fingerprint density at radius 2 is 2.17 bits per heavy atom. The predicted octanol–water partition coefficient (Wildman–Crippen LogP) is 4.37. The maximum atomic E-state index is 12.7. The van der Waals surface area contributed by atoms with E-state index in [0.717, 1.165) is 33.7 Å². The van der Waals surface area contributed by atoms with E-state index in [2.05, 4.69) is 9.98 Å². The average Bonchev–Trinajstić information content (AvgIpc) is 2.97. The highest BCUT2D eigenvalue weighted by atomic mass is 19.1. The standard InChI is InChI=1S/C19H19FN4/c1-13(6-8-22-14(2)20)15-7-9-24-18(12-23-19(24)11-15)16-4-3-5-17(21)10-16/h3-12,14H,21H2,1-2H3/b13-6+,22-8-. The van der Waals surface area contributed by atoms with Crippen LogP contribution < -0.4 is 5.73 Å². The third-order valence-electron chi connectivity index (χ3n) is 3.77. The quantitative estimate of drug-likeness (QED) is 0.440. The monoisotopic (exact) mass is 322 g/mol. The minimum absolute atomic E-state index is 0.722. The Labute approximate surface area is 140 Å². The molecule has 0 saturated carbocycles. The predicted molar refractivity (Wildman–Crippen MR) is 97.8 cm³/mol. The summed E-state index contributed by atoms with van der Waals surface area (Å²) in [6, 6.07) is 11.7. The van der Waals surface area contributed by atoms with Gasteiger partial charge in [0.25, 0.3) is 0 Å². The zero-order valence-electron chi connectivity index (χ0n) is 13.6. The second-order valence-corrected chi connectivity index (χ2v) is 5.63. The number of allylic oxidation sites excluding steroid dienone is 2. The van der Waals surface area contributed by atoms with Crippen LogP contribution in [0.3, 0.4) is 0 Å². The smallest absolute Gasteiger partial charge is 0.187 e. The molecule has 1 atom stereocenters. The van der Waals surface area contributed by atoms with Crippen LogP contribution in [0.5, 0.6) is 0 Å². The van der Waals surface area contributed by atoms with Gasteiger partial charge in [0, 0.05) is 23.7 Å². The van der Waals surface area contributed by atoms with Crippen molar-refractivity contribution in [3.8, 4) is 11.3 Å². The number of benzene rings is 1. The van der Waals surface area contributed by atoms with Gasteiger partial charge in [0.2, 0.25) is 0 Å². The molecule has 3 rings (SSSR count). The zero-order chi connectivity index (χ0) is 17.1. The number of hydrogen-bond acceptors (Lipinski definition) is 3. The van der Waals surface area contributed by atoms with Gasteiger partial charge < -0.3 is 5.73 Å². The van der Waals surface area contributed by atoms with Crippen molar-refractivity contribution in [1.29, 1.82) is 0 Å². The van der Waals surface area contributed by atoms with Gasteiger partial charge in [0.15, 0.2) is 6.30 Å². The number of nitrogen functional groups attached to an aromatic ring is 1. The summed E-state index contributed by atoms with van der Waals surface area (Å²) in [5.74, 6) is 0. The highest BCUT2D eigenvalue weighted by Crippen LogP contribution is 2.24. The minimum atomic E-state index is -1.19. The van der Waals surface area contributed by atoms with Crippen LogP contribution in [0.2, 0.25) is 0 Å². The number of nitrogens with zero attached hydrogens (tertiary/aromatic N) is 3. The second kappa shape index (κ2) is 6.66. The Hall–Kier alpha value is -2.95. The van der Waals surface area contributed by atoms with Gasteiger partial charge in [0.05, 0.1) is 11.9 Å². The number of rotatable bonds is 4. The fourth-order valence-corrected chi connectivity index (χ4v) is 2.51. The van der Waals surface area contributed by atoms with Crippen LogP contribution in [0.15, 0.2) is 59.9 Å². The maximum Gasteiger partial charge on any atom is 0.187 e. The fourth-order valence-electron chi connectivity index (χ4n) is 2.51. The van der Waals surface area contributed by atoms with Gasteiger partial charge in [-0.05, 0) is 55.3 Å². The summed E-state index contributed by atoms with van der Waals surface area (Å²) in [6.45, 7) is 3.36. The first-order valence-electron chi connectivity index (χ1n) is 7.72. The van der Waals surface area contributed by atoms with Crippen molar-refractivity contribution in [3.05, 3.63) is 60.4 Å². The Kier molecular flexibility index (Phi) is 4.42. The summed E-state index contributed by atoms with van der Waals surface area (Å²) in [5.41, 5.74) is 11.4. The van der Waals surface area contributed by atoms with Crippen molar-refractivity contribution in [1.82, 2.24) is 9.38 Å². The lowest BCUT2D eigenvalue weighted by molar-refractivity contribution is 0.378. The van der Waals surface area contributed by atoms with Crippen LogP contribution in [-0.4, -0.2) is 21.9 Å². The van der Waals surface area contributed by atoms with E-state index in [9.17, 15) is 4.39 Å². The van der Waals surface area contributed by atoms with E-state index in [1.165, 1.54) is 13.1 Å². The number of aliphatic imine (C=N–C) groups is 1. The fraction of sp³-hybridized carbons (Fsp3) is 0.158. The van der Waals surface area contributed by atoms with Gasteiger partial charge in [-0.15, -0.1) is 0 Å². The third kappa shape index (κ3) is 3.35. The zero-order valence-corrected chi connectivity index (χ0v) is 13.6. The first-order chi connectivity index (χ1) is 11.5. The summed E-state index contributed by atoms with van der Waals surface area (Å²) in [4.78, 5) is 8.18. The van der Waals surface area contributed by atoms with Crippen LogP contribution in [0.4, 0.5) is 10.1 Å². The molecular weight excluding hydrogens is 303 g/mol. The van der Waals surface area contributed by atoms with Gasteiger partial charge in [-0.25, -0.2) is 9.37 Å². The molecule has 2 heterocycles. The number of aromatic nitrogens is 2. The molecular formula is C19H19FN4. The molecule has 24 heavy (non-hydrogen) atoms. The average molecular weight is 322 g/mol. The number of imidazole rings is 1. The van der Waals surface area contributed by atoms with Gasteiger partial charge in [-0.2, -0.15) is 0 Å². The van der Waals surface area contributed by atoms with E-state index in [1.807, 2.05) is 60.1 Å². The molecule has 122 valence electrons. The van der Waals surface area contributed by atoms with Crippen LogP contribution in [0.25, 0.3) is 22.5 Å². The molecule has 0 aliphatic rings. The Morgan fingerprint density at radius 3 is 2.92 bits per heavy atom. The molecule has 0 saturated heterocycles. The molecule has 0 aliphatic heterocycles. The van der Waals surface area contributed by atoms with Crippen molar-refractivity contribution < 1.29 is 4.39 Å². The lowest BCUT2D eigenvalue weighted by atomic mass is 10.1. The number of nitrogens with two attached hydrogens (primary N) is 1. The summed E-state index contributed by atoms with van der Waals surface area (Å²) < 4.78 is 14.7. The lowest BCUT2D eigenvalue weighted by Gasteiger charge is -2.05. The maximum absolute atomic E-state index is 12.7.